The fourth-order valence-electron chi connectivity index (χ4n) is 2.17. The van der Waals surface area contributed by atoms with Gasteiger partial charge in [0.25, 0.3) is 11.5 Å². The number of carbonyl (C=O) groups is 2. The van der Waals surface area contributed by atoms with Crippen molar-refractivity contribution < 1.29 is 19.4 Å². The summed E-state index contributed by atoms with van der Waals surface area (Å²) in [5.74, 6) is -1.53. The zero-order valence-corrected chi connectivity index (χ0v) is 10.8. The van der Waals surface area contributed by atoms with Crippen LogP contribution in [0.1, 0.15) is 23.2 Å². The number of carbonyl (C=O) groups excluding carboxylic acids is 1. The van der Waals surface area contributed by atoms with Crippen molar-refractivity contribution in [2.24, 2.45) is 5.41 Å². The van der Waals surface area contributed by atoms with E-state index in [0.717, 1.165) is 0 Å². The molecule has 1 fully saturated rings. The number of aromatic amines is 1. The van der Waals surface area contributed by atoms with Gasteiger partial charge in [-0.05, 0) is 25.0 Å². The highest BCUT2D eigenvalue weighted by Crippen LogP contribution is 2.30. The van der Waals surface area contributed by atoms with Gasteiger partial charge >= 0.3 is 5.97 Å². The summed E-state index contributed by atoms with van der Waals surface area (Å²) in [5, 5.41) is 11.9. The number of aromatic nitrogens is 1. The molecule has 0 radical (unpaired) electrons. The summed E-state index contributed by atoms with van der Waals surface area (Å²) in [5.41, 5.74) is -1.54. The lowest BCUT2D eigenvalue weighted by Crippen LogP contribution is -2.47. The van der Waals surface area contributed by atoms with E-state index in [1.807, 2.05) is 0 Å². The smallest absolute Gasteiger partial charge is 0.311 e. The lowest BCUT2D eigenvalue weighted by Gasteiger charge is -2.33. The van der Waals surface area contributed by atoms with Crippen molar-refractivity contribution >= 4 is 11.9 Å². The van der Waals surface area contributed by atoms with Gasteiger partial charge in [0, 0.05) is 26.0 Å². The molecule has 1 aromatic heterocycles. The molecule has 0 unspecified atom stereocenters. The van der Waals surface area contributed by atoms with Crippen LogP contribution in [0.25, 0.3) is 0 Å². The van der Waals surface area contributed by atoms with Crippen LogP contribution in [0.4, 0.5) is 0 Å². The Kier molecular flexibility index (Phi) is 4.19. The number of amides is 1. The molecular weight excluding hydrogens is 264 g/mol. The third-order valence-electron chi connectivity index (χ3n) is 3.55. The van der Waals surface area contributed by atoms with Gasteiger partial charge in [0.1, 0.15) is 5.56 Å². The number of rotatable bonds is 4. The fourth-order valence-corrected chi connectivity index (χ4v) is 2.17. The van der Waals surface area contributed by atoms with Gasteiger partial charge in [0.15, 0.2) is 0 Å². The van der Waals surface area contributed by atoms with E-state index in [9.17, 15) is 19.5 Å². The molecule has 0 atom stereocenters. The van der Waals surface area contributed by atoms with Gasteiger partial charge in [-0.15, -0.1) is 0 Å². The molecule has 108 valence electrons. The van der Waals surface area contributed by atoms with Crippen molar-refractivity contribution in [3.63, 3.8) is 0 Å². The van der Waals surface area contributed by atoms with Crippen molar-refractivity contribution in [3.05, 3.63) is 34.2 Å². The van der Waals surface area contributed by atoms with Crippen molar-refractivity contribution in [3.8, 4) is 0 Å². The SMILES string of the molecule is O=C(NCC1(C(=O)O)CCOCC1)c1ccc[nH]c1=O. The van der Waals surface area contributed by atoms with E-state index in [1.165, 1.54) is 18.3 Å². The molecule has 1 aliphatic rings. The van der Waals surface area contributed by atoms with Crippen LogP contribution >= 0.6 is 0 Å². The molecule has 1 aliphatic heterocycles. The van der Waals surface area contributed by atoms with Crippen LogP contribution < -0.4 is 10.9 Å². The number of hydrogen-bond acceptors (Lipinski definition) is 4. The maximum atomic E-state index is 11.9. The Morgan fingerprint density at radius 1 is 1.40 bits per heavy atom. The second kappa shape index (κ2) is 5.87. The summed E-state index contributed by atoms with van der Waals surface area (Å²) in [4.78, 5) is 37.2. The predicted molar refractivity (Wildman–Crippen MR) is 69.5 cm³/mol. The van der Waals surface area contributed by atoms with Crippen molar-refractivity contribution in [2.75, 3.05) is 19.8 Å². The van der Waals surface area contributed by atoms with E-state index in [2.05, 4.69) is 10.3 Å². The molecule has 2 rings (SSSR count). The van der Waals surface area contributed by atoms with Gasteiger partial charge in [-0.2, -0.15) is 0 Å². The molecule has 0 spiro atoms. The summed E-state index contributed by atoms with van der Waals surface area (Å²) < 4.78 is 5.15. The Balaban J connectivity index is 2.07. The lowest BCUT2D eigenvalue weighted by molar-refractivity contribution is -0.154. The number of ether oxygens (including phenoxy) is 1. The Morgan fingerprint density at radius 2 is 2.10 bits per heavy atom. The summed E-state index contributed by atoms with van der Waals surface area (Å²) in [6, 6.07) is 2.93. The minimum atomic E-state index is -1.02. The zero-order valence-electron chi connectivity index (χ0n) is 10.8. The molecule has 1 aromatic rings. The fraction of sp³-hybridized carbons (Fsp3) is 0.462. The predicted octanol–water partition coefficient (Wildman–Crippen LogP) is -0.0139. The maximum Gasteiger partial charge on any atom is 0.311 e. The number of pyridine rings is 1. The third kappa shape index (κ3) is 2.88. The minimum Gasteiger partial charge on any atom is -0.481 e. The highest BCUT2D eigenvalue weighted by molar-refractivity contribution is 5.94. The number of carboxylic acid groups (broad SMARTS) is 1. The monoisotopic (exact) mass is 280 g/mol. The second-order valence-corrected chi connectivity index (χ2v) is 4.79. The van der Waals surface area contributed by atoms with E-state index in [1.54, 1.807) is 0 Å². The van der Waals surface area contributed by atoms with Crippen LogP contribution in [-0.2, 0) is 9.53 Å². The van der Waals surface area contributed by atoms with E-state index < -0.39 is 22.9 Å². The number of carboxylic acids is 1. The van der Waals surface area contributed by atoms with E-state index in [-0.39, 0.29) is 12.1 Å². The van der Waals surface area contributed by atoms with Crippen LogP contribution in [0.3, 0.4) is 0 Å². The Labute approximate surface area is 115 Å². The van der Waals surface area contributed by atoms with Crippen LogP contribution in [0.5, 0.6) is 0 Å². The highest BCUT2D eigenvalue weighted by Gasteiger charge is 2.40. The molecule has 0 aliphatic carbocycles. The average Bonchev–Trinajstić information content (AvgIpc) is 2.46. The summed E-state index contributed by atoms with van der Waals surface area (Å²) >= 11 is 0. The maximum absolute atomic E-state index is 11.9. The Morgan fingerprint density at radius 3 is 2.70 bits per heavy atom. The molecule has 0 bridgehead atoms. The van der Waals surface area contributed by atoms with Gasteiger partial charge in [-0.1, -0.05) is 0 Å². The number of hydrogen-bond donors (Lipinski definition) is 3. The average molecular weight is 280 g/mol. The quantitative estimate of drug-likeness (QED) is 0.718. The van der Waals surface area contributed by atoms with E-state index in [4.69, 9.17) is 4.74 Å². The Hall–Kier alpha value is -2.15. The molecule has 1 amide bonds. The summed E-state index contributed by atoms with van der Waals surface area (Å²) in [7, 11) is 0. The van der Waals surface area contributed by atoms with E-state index in [0.29, 0.717) is 26.1 Å². The van der Waals surface area contributed by atoms with E-state index >= 15 is 0 Å². The van der Waals surface area contributed by atoms with Crippen LogP contribution in [0.15, 0.2) is 23.1 Å². The summed E-state index contributed by atoms with van der Waals surface area (Å²) in [6.07, 6.45) is 2.11. The minimum absolute atomic E-state index is 0.0150. The number of H-pyrrole nitrogens is 1. The van der Waals surface area contributed by atoms with Crippen molar-refractivity contribution in [1.82, 2.24) is 10.3 Å². The molecule has 0 aromatic carbocycles. The van der Waals surface area contributed by atoms with Gasteiger partial charge in [-0.3, -0.25) is 14.4 Å². The van der Waals surface area contributed by atoms with Crippen LogP contribution in [0, 0.1) is 5.41 Å². The largest absolute Gasteiger partial charge is 0.481 e. The zero-order chi connectivity index (χ0) is 14.6. The standard InChI is InChI=1S/C13H16N2O5/c16-10-9(2-1-5-14-10)11(17)15-8-13(12(18)19)3-6-20-7-4-13/h1-2,5H,3-4,6-8H2,(H,14,16)(H,15,17)(H,18,19). The van der Waals surface area contributed by atoms with Gasteiger partial charge in [0.05, 0.1) is 5.41 Å². The van der Waals surface area contributed by atoms with Crippen LogP contribution in [0.2, 0.25) is 0 Å². The first-order valence-corrected chi connectivity index (χ1v) is 6.32. The van der Waals surface area contributed by atoms with Crippen molar-refractivity contribution in [2.45, 2.75) is 12.8 Å². The van der Waals surface area contributed by atoms with Gasteiger partial charge in [-0.25, -0.2) is 0 Å². The number of nitrogens with one attached hydrogen (secondary N) is 2. The molecule has 3 N–H and O–H groups in total. The first-order valence-electron chi connectivity index (χ1n) is 6.32. The third-order valence-corrected chi connectivity index (χ3v) is 3.55. The highest BCUT2D eigenvalue weighted by atomic mass is 16.5. The molecule has 7 nitrogen and oxygen atoms in total. The molecule has 2 heterocycles. The Bertz CT molecular complexity index is 560. The normalized spacial score (nSPS) is 17.4. The first-order chi connectivity index (χ1) is 9.55. The summed E-state index contributed by atoms with van der Waals surface area (Å²) in [6.45, 7) is 0.695. The number of aliphatic carboxylic acids is 1. The molecular formula is C13H16N2O5. The molecule has 7 heteroatoms. The molecule has 20 heavy (non-hydrogen) atoms. The van der Waals surface area contributed by atoms with Gasteiger partial charge < -0.3 is 20.1 Å². The molecule has 1 saturated heterocycles. The lowest BCUT2D eigenvalue weighted by atomic mass is 9.80. The van der Waals surface area contributed by atoms with Crippen LogP contribution in [-0.4, -0.2) is 41.7 Å². The topological polar surface area (TPSA) is 108 Å². The first kappa shape index (κ1) is 14.3. The molecule has 0 saturated carbocycles. The second-order valence-electron chi connectivity index (χ2n) is 4.79. The van der Waals surface area contributed by atoms with Crippen molar-refractivity contribution in [1.29, 1.82) is 0 Å². The van der Waals surface area contributed by atoms with Gasteiger partial charge in [0.2, 0.25) is 0 Å².